The lowest BCUT2D eigenvalue weighted by Crippen LogP contribution is -2.41. The third kappa shape index (κ3) is 4.70. The Kier molecular flexibility index (Phi) is 7.25. The third-order valence-electron chi connectivity index (χ3n) is 13.7. The summed E-state index contributed by atoms with van der Waals surface area (Å²) in [5.41, 5.74) is 18.6. The summed E-state index contributed by atoms with van der Waals surface area (Å²) in [7, 11) is 0. The van der Waals surface area contributed by atoms with E-state index in [-0.39, 0.29) is 12.2 Å². The molecule has 284 valence electrons. The van der Waals surface area contributed by atoms with E-state index >= 15 is 0 Å². The predicted molar refractivity (Wildman–Crippen MR) is 243 cm³/mol. The SMILES string of the molecule is C1=CCC2C(=C1)C1(c3cc(C4NC(c5cccc(-c6ccccc6)c5)=C5Oc6ccccc6C5N4)ccc3-c3c1cc1ccccc1c3-c1ccccc1)c1ccccc12. The number of hydrogen-bond donors (Lipinski definition) is 2. The summed E-state index contributed by atoms with van der Waals surface area (Å²) in [6.07, 6.45) is 7.88. The van der Waals surface area contributed by atoms with Crippen LogP contribution in [0, 0.1) is 0 Å². The van der Waals surface area contributed by atoms with Crippen LogP contribution in [0.1, 0.15) is 63.5 Å². The number of nitrogens with one attached hydrogen (secondary N) is 2. The lowest BCUT2D eigenvalue weighted by Gasteiger charge is -2.35. The smallest absolute Gasteiger partial charge is 0.149 e. The Bertz CT molecular complexity index is 3180. The predicted octanol–water partition coefficient (Wildman–Crippen LogP) is 13.2. The summed E-state index contributed by atoms with van der Waals surface area (Å²) in [4.78, 5) is 0. The van der Waals surface area contributed by atoms with E-state index in [0.29, 0.717) is 5.92 Å². The van der Waals surface area contributed by atoms with Crippen molar-refractivity contribution in [1.29, 1.82) is 0 Å². The zero-order chi connectivity index (χ0) is 39.4. The van der Waals surface area contributed by atoms with Crippen molar-refractivity contribution < 1.29 is 4.74 Å². The number of fused-ring (bicyclic) bond motifs is 14. The molecule has 4 atom stereocenters. The Morgan fingerprint density at radius 3 is 2.17 bits per heavy atom. The standard InChI is InChI=1S/C57H40N2O/c1-3-16-35(17-4-1)37-21-15-22-39(32-37)53-55-54(45-26-11-14-29-50(45)60-55)59-56(58-53)40-30-31-44-48(34-40)57(46-27-12-9-24-42(46)43-25-10-13-28-47(43)57)49-33-38-20-7-8-23-41(38)51(52(44)49)36-18-5-2-6-19-36/h1-24,26-34,43,54,56,58-59H,25H2. The quantitative estimate of drug-likeness (QED) is 0.187. The normalized spacial score (nSPS) is 21.3. The minimum absolute atomic E-state index is 0.111. The second-order valence-corrected chi connectivity index (χ2v) is 16.7. The minimum atomic E-state index is -0.453. The van der Waals surface area contributed by atoms with Gasteiger partial charge in [0.1, 0.15) is 17.7 Å². The van der Waals surface area contributed by atoms with Crippen molar-refractivity contribution in [3.63, 3.8) is 0 Å². The van der Waals surface area contributed by atoms with Gasteiger partial charge >= 0.3 is 0 Å². The molecule has 0 bridgehead atoms. The summed E-state index contributed by atoms with van der Waals surface area (Å²) < 4.78 is 6.73. The van der Waals surface area contributed by atoms with Gasteiger partial charge in [0.15, 0.2) is 0 Å². The van der Waals surface area contributed by atoms with Crippen molar-refractivity contribution in [2.75, 3.05) is 0 Å². The third-order valence-corrected chi connectivity index (χ3v) is 13.7. The van der Waals surface area contributed by atoms with Crippen LogP contribution in [0.4, 0.5) is 0 Å². The fourth-order valence-corrected chi connectivity index (χ4v) is 11.3. The Balaban J connectivity index is 1.05. The van der Waals surface area contributed by atoms with Gasteiger partial charge in [-0.15, -0.1) is 0 Å². The van der Waals surface area contributed by atoms with Gasteiger partial charge in [-0.05, 0) is 102 Å². The van der Waals surface area contributed by atoms with Gasteiger partial charge in [-0.2, -0.15) is 0 Å². The van der Waals surface area contributed by atoms with Crippen LogP contribution < -0.4 is 15.4 Å². The molecule has 2 N–H and O–H groups in total. The van der Waals surface area contributed by atoms with Crippen LogP contribution in [0.5, 0.6) is 5.75 Å². The number of hydrogen-bond acceptors (Lipinski definition) is 3. The van der Waals surface area contributed by atoms with E-state index in [9.17, 15) is 0 Å². The Labute approximate surface area is 350 Å². The molecule has 5 aliphatic rings. The molecule has 3 aliphatic carbocycles. The molecule has 0 fully saturated rings. The van der Waals surface area contributed by atoms with E-state index in [4.69, 9.17) is 4.74 Å². The molecule has 3 nitrogen and oxygen atoms in total. The fraction of sp³-hybridized carbons (Fsp3) is 0.0877. The lowest BCUT2D eigenvalue weighted by molar-refractivity contribution is 0.348. The van der Waals surface area contributed by atoms with Gasteiger partial charge in [0.25, 0.3) is 0 Å². The molecule has 1 spiro atoms. The summed E-state index contributed by atoms with van der Waals surface area (Å²) in [6, 6.07) is 66.9. The fourth-order valence-electron chi connectivity index (χ4n) is 11.3. The summed E-state index contributed by atoms with van der Waals surface area (Å²) in [6.45, 7) is 0. The van der Waals surface area contributed by atoms with Crippen LogP contribution in [-0.2, 0) is 5.41 Å². The van der Waals surface area contributed by atoms with Gasteiger partial charge in [-0.1, -0.05) is 182 Å². The molecule has 0 saturated heterocycles. The summed E-state index contributed by atoms with van der Waals surface area (Å²) in [5.74, 6) is 2.12. The van der Waals surface area contributed by atoms with E-state index < -0.39 is 5.41 Å². The number of ether oxygens (including phenoxy) is 1. The van der Waals surface area contributed by atoms with Crippen molar-refractivity contribution in [3.8, 4) is 39.1 Å². The van der Waals surface area contributed by atoms with Crippen LogP contribution in [0.15, 0.2) is 212 Å². The van der Waals surface area contributed by atoms with Gasteiger partial charge < -0.3 is 10.1 Å². The van der Waals surface area contributed by atoms with Gasteiger partial charge in [0.05, 0.1) is 17.2 Å². The van der Waals surface area contributed by atoms with Crippen molar-refractivity contribution in [3.05, 3.63) is 250 Å². The summed E-state index contributed by atoms with van der Waals surface area (Å²) >= 11 is 0. The number of rotatable bonds is 4. The van der Waals surface area contributed by atoms with Crippen molar-refractivity contribution in [1.82, 2.24) is 10.6 Å². The molecule has 0 amide bonds. The molecule has 8 aromatic rings. The molecule has 0 saturated carbocycles. The van der Waals surface area contributed by atoms with Gasteiger partial charge in [0.2, 0.25) is 0 Å². The van der Waals surface area contributed by atoms with Crippen LogP contribution in [0.2, 0.25) is 0 Å². The second-order valence-electron chi connectivity index (χ2n) is 16.7. The van der Waals surface area contributed by atoms with Gasteiger partial charge in [-0.3, -0.25) is 5.32 Å². The molecule has 2 aliphatic heterocycles. The Morgan fingerprint density at radius 1 is 0.550 bits per heavy atom. The maximum Gasteiger partial charge on any atom is 0.149 e. The minimum Gasteiger partial charge on any atom is -0.457 e. The Hall–Kier alpha value is -7.20. The topological polar surface area (TPSA) is 33.3 Å². The van der Waals surface area contributed by atoms with E-state index in [2.05, 4.69) is 211 Å². The van der Waals surface area contributed by atoms with Crippen molar-refractivity contribution >= 4 is 16.5 Å². The van der Waals surface area contributed by atoms with E-state index in [1.165, 1.54) is 77.5 Å². The highest BCUT2D eigenvalue weighted by atomic mass is 16.5. The van der Waals surface area contributed by atoms with Crippen LogP contribution in [0.25, 0.3) is 49.9 Å². The molecular formula is C57H40N2O. The monoisotopic (exact) mass is 768 g/mol. The first kappa shape index (κ1) is 33.7. The largest absolute Gasteiger partial charge is 0.457 e. The average Bonchev–Trinajstić information content (AvgIpc) is 3.95. The first-order valence-corrected chi connectivity index (χ1v) is 21.2. The van der Waals surface area contributed by atoms with Crippen LogP contribution in [0.3, 0.4) is 0 Å². The summed E-state index contributed by atoms with van der Waals surface area (Å²) in [5, 5.41) is 10.6. The Morgan fingerprint density at radius 2 is 1.28 bits per heavy atom. The van der Waals surface area contributed by atoms with E-state index in [1.54, 1.807) is 0 Å². The highest BCUT2D eigenvalue weighted by molar-refractivity contribution is 6.09. The molecule has 60 heavy (non-hydrogen) atoms. The first-order chi connectivity index (χ1) is 29.8. The van der Waals surface area contributed by atoms with Crippen LogP contribution in [-0.4, -0.2) is 0 Å². The average molecular weight is 769 g/mol. The first-order valence-electron chi connectivity index (χ1n) is 21.2. The number of benzene rings is 8. The van der Waals surface area contributed by atoms with Crippen molar-refractivity contribution in [2.24, 2.45) is 0 Å². The molecule has 0 aromatic heterocycles. The number of allylic oxidation sites excluding steroid dienone is 4. The maximum atomic E-state index is 6.73. The maximum absolute atomic E-state index is 6.73. The van der Waals surface area contributed by atoms with Crippen LogP contribution >= 0.6 is 0 Å². The molecule has 4 unspecified atom stereocenters. The zero-order valence-corrected chi connectivity index (χ0v) is 32.9. The molecule has 8 aromatic carbocycles. The van der Waals surface area contributed by atoms with E-state index in [0.717, 1.165) is 34.8 Å². The zero-order valence-electron chi connectivity index (χ0n) is 32.9. The van der Waals surface area contributed by atoms with Gasteiger partial charge in [0, 0.05) is 17.0 Å². The molecular weight excluding hydrogens is 729 g/mol. The van der Waals surface area contributed by atoms with E-state index in [1.807, 2.05) is 0 Å². The molecule has 0 radical (unpaired) electrons. The highest BCUT2D eigenvalue weighted by Gasteiger charge is 2.56. The highest BCUT2D eigenvalue weighted by Crippen LogP contribution is 2.67. The second kappa shape index (κ2) is 12.9. The lowest BCUT2D eigenvalue weighted by atomic mass is 9.68. The molecule has 3 heteroatoms. The van der Waals surface area contributed by atoms with Gasteiger partial charge in [-0.25, -0.2) is 0 Å². The van der Waals surface area contributed by atoms with Crippen molar-refractivity contribution in [2.45, 2.75) is 30.0 Å². The number of para-hydroxylation sites is 1. The molecule has 13 rings (SSSR count). The molecule has 2 heterocycles.